The molecule has 6 nitrogen and oxygen atoms in total. The average molecular weight is 253 g/mol. The van der Waals surface area contributed by atoms with E-state index in [-0.39, 0.29) is 12.5 Å². The molecule has 1 aromatic rings. The number of aromatic nitrogens is 2. The number of hydrogen-bond acceptors (Lipinski definition) is 5. The number of carboxylic acid groups (broad SMARTS) is 1. The quantitative estimate of drug-likeness (QED) is 0.795. The van der Waals surface area contributed by atoms with Crippen molar-refractivity contribution < 1.29 is 14.4 Å². The first-order chi connectivity index (χ1) is 8.60. The second-order valence-electron chi connectivity index (χ2n) is 4.83. The smallest absolute Gasteiger partial charge is 0.304 e. The Morgan fingerprint density at radius 2 is 2.33 bits per heavy atom. The van der Waals surface area contributed by atoms with Crippen LogP contribution in [-0.4, -0.2) is 38.7 Å². The standard InChI is InChI=1S/C12H19N3O3/c1-3-15(8(2)6-11(16)17)7-10-13-12(18-14-10)9-4-5-9/h8-9H,3-7H2,1-2H3,(H,16,17). The van der Waals surface area contributed by atoms with Gasteiger partial charge in [0.25, 0.3) is 0 Å². The maximum absolute atomic E-state index is 10.7. The lowest BCUT2D eigenvalue weighted by Crippen LogP contribution is -2.34. The van der Waals surface area contributed by atoms with Crippen molar-refractivity contribution in [3.8, 4) is 0 Å². The summed E-state index contributed by atoms with van der Waals surface area (Å²) in [4.78, 5) is 17.1. The number of nitrogens with zero attached hydrogens (tertiary/aromatic N) is 3. The zero-order valence-corrected chi connectivity index (χ0v) is 10.8. The lowest BCUT2D eigenvalue weighted by atomic mass is 10.2. The molecule has 6 heteroatoms. The van der Waals surface area contributed by atoms with E-state index >= 15 is 0 Å². The molecule has 1 unspecified atom stereocenters. The van der Waals surface area contributed by atoms with Gasteiger partial charge in [0.1, 0.15) is 0 Å². The molecule has 1 saturated carbocycles. The summed E-state index contributed by atoms with van der Waals surface area (Å²) in [6.07, 6.45) is 2.39. The summed E-state index contributed by atoms with van der Waals surface area (Å²) in [5.74, 6) is 1.05. The first-order valence-corrected chi connectivity index (χ1v) is 6.38. The fraction of sp³-hybridized carbons (Fsp3) is 0.750. The van der Waals surface area contributed by atoms with Crippen molar-refractivity contribution in [2.24, 2.45) is 0 Å². The van der Waals surface area contributed by atoms with E-state index in [9.17, 15) is 4.79 Å². The van der Waals surface area contributed by atoms with Crippen LogP contribution in [0.1, 0.15) is 50.7 Å². The molecule has 2 rings (SSSR count). The molecule has 18 heavy (non-hydrogen) atoms. The third-order valence-corrected chi connectivity index (χ3v) is 3.25. The largest absolute Gasteiger partial charge is 0.481 e. The molecule has 0 aliphatic heterocycles. The highest BCUT2D eigenvalue weighted by Gasteiger charge is 2.30. The van der Waals surface area contributed by atoms with Crippen molar-refractivity contribution in [1.29, 1.82) is 0 Å². The third-order valence-electron chi connectivity index (χ3n) is 3.25. The minimum absolute atomic E-state index is 0.0321. The first kappa shape index (κ1) is 13.0. The van der Waals surface area contributed by atoms with Gasteiger partial charge in [-0.2, -0.15) is 4.98 Å². The van der Waals surface area contributed by atoms with Gasteiger partial charge in [0, 0.05) is 12.0 Å². The lowest BCUT2D eigenvalue weighted by Gasteiger charge is -2.24. The summed E-state index contributed by atoms with van der Waals surface area (Å²) < 4.78 is 5.19. The Labute approximate surface area is 106 Å². The van der Waals surface area contributed by atoms with Crippen molar-refractivity contribution in [1.82, 2.24) is 15.0 Å². The Balaban J connectivity index is 1.93. The van der Waals surface area contributed by atoms with E-state index in [2.05, 4.69) is 10.1 Å². The minimum atomic E-state index is -0.785. The van der Waals surface area contributed by atoms with Gasteiger partial charge in [-0.15, -0.1) is 0 Å². The molecule has 100 valence electrons. The molecule has 1 aromatic heterocycles. The van der Waals surface area contributed by atoms with Gasteiger partial charge in [-0.05, 0) is 26.3 Å². The zero-order chi connectivity index (χ0) is 13.1. The second-order valence-corrected chi connectivity index (χ2v) is 4.83. The van der Waals surface area contributed by atoms with Crippen LogP contribution >= 0.6 is 0 Å². The van der Waals surface area contributed by atoms with Crippen LogP contribution in [-0.2, 0) is 11.3 Å². The molecule has 1 aliphatic carbocycles. The van der Waals surface area contributed by atoms with Gasteiger partial charge >= 0.3 is 5.97 Å². The normalized spacial score (nSPS) is 17.1. The van der Waals surface area contributed by atoms with Crippen molar-refractivity contribution in [2.45, 2.75) is 51.6 Å². The van der Waals surface area contributed by atoms with Gasteiger partial charge in [-0.25, -0.2) is 0 Å². The Hall–Kier alpha value is -1.43. The van der Waals surface area contributed by atoms with E-state index in [1.165, 1.54) is 0 Å². The van der Waals surface area contributed by atoms with Crippen LogP contribution in [0.5, 0.6) is 0 Å². The number of aliphatic carboxylic acids is 1. The Bertz CT molecular complexity index is 414. The molecule has 0 radical (unpaired) electrons. The molecule has 0 bridgehead atoms. The first-order valence-electron chi connectivity index (χ1n) is 6.38. The van der Waals surface area contributed by atoms with E-state index < -0.39 is 5.97 Å². The molecule has 1 atom stereocenters. The SMILES string of the molecule is CCN(Cc1noc(C2CC2)n1)C(C)CC(=O)O. The van der Waals surface area contributed by atoms with E-state index in [1.54, 1.807) is 0 Å². The molecule has 1 aliphatic rings. The predicted molar refractivity (Wildman–Crippen MR) is 64.1 cm³/mol. The fourth-order valence-electron chi connectivity index (χ4n) is 1.97. The van der Waals surface area contributed by atoms with E-state index in [0.717, 1.165) is 25.3 Å². The predicted octanol–water partition coefficient (Wildman–Crippen LogP) is 1.63. The Morgan fingerprint density at radius 1 is 1.61 bits per heavy atom. The monoisotopic (exact) mass is 253 g/mol. The molecule has 0 spiro atoms. The summed E-state index contributed by atoms with van der Waals surface area (Å²) in [7, 11) is 0. The number of carboxylic acids is 1. The van der Waals surface area contributed by atoms with E-state index in [4.69, 9.17) is 9.63 Å². The lowest BCUT2D eigenvalue weighted by molar-refractivity contribution is -0.138. The molecule has 1 heterocycles. The van der Waals surface area contributed by atoms with Crippen LogP contribution in [0.25, 0.3) is 0 Å². The third kappa shape index (κ3) is 3.29. The van der Waals surface area contributed by atoms with Crippen molar-refractivity contribution >= 4 is 5.97 Å². The Morgan fingerprint density at radius 3 is 2.89 bits per heavy atom. The van der Waals surface area contributed by atoms with Crippen LogP contribution in [0.2, 0.25) is 0 Å². The zero-order valence-electron chi connectivity index (χ0n) is 10.8. The summed E-state index contributed by atoms with van der Waals surface area (Å²) in [6, 6.07) is -0.0321. The summed E-state index contributed by atoms with van der Waals surface area (Å²) in [5, 5.41) is 12.8. The van der Waals surface area contributed by atoms with Crippen molar-refractivity contribution in [3.05, 3.63) is 11.7 Å². The number of hydrogen-bond donors (Lipinski definition) is 1. The minimum Gasteiger partial charge on any atom is -0.481 e. The summed E-state index contributed by atoms with van der Waals surface area (Å²) in [5.41, 5.74) is 0. The van der Waals surface area contributed by atoms with Crippen molar-refractivity contribution in [2.75, 3.05) is 6.54 Å². The molecular weight excluding hydrogens is 234 g/mol. The molecule has 0 aromatic carbocycles. The highest BCUT2D eigenvalue weighted by atomic mass is 16.5. The molecule has 0 saturated heterocycles. The Kier molecular flexibility index (Phi) is 3.96. The van der Waals surface area contributed by atoms with Gasteiger partial charge in [0.15, 0.2) is 5.82 Å². The molecule has 1 fully saturated rings. The van der Waals surface area contributed by atoms with Gasteiger partial charge < -0.3 is 9.63 Å². The topological polar surface area (TPSA) is 79.5 Å². The van der Waals surface area contributed by atoms with Gasteiger partial charge in [0.2, 0.25) is 5.89 Å². The second kappa shape index (κ2) is 5.48. The highest BCUT2D eigenvalue weighted by Crippen LogP contribution is 2.38. The van der Waals surface area contributed by atoms with Crippen LogP contribution in [0, 0.1) is 0 Å². The maximum atomic E-state index is 10.7. The highest BCUT2D eigenvalue weighted by molar-refractivity contribution is 5.67. The van der Waals surface area contributed by atoms with Crippen LogP contribution in [0.4, 0.5) is 0 Å². The molecule has 1 N–H and O–H groups in total. The molecule has 0 amide bonds. The average Bonchev–Trinajstić information content (AvgIpc) is 3.05. The molecular formula is C12H19N3O3. The van der Waals surface area contributed by atoms with Gasteiger partial charge in [-0.1, -0.05) is 12.1 Å². The maximum Gasteiger partial charge on any atom is 0.304 e. The van der Waals surface area contributed by atoms with Gasteiger partial charge in [-0.3, -0.25) is 9.69 Å². The van der Waals surface area contributed by atoms with Gasteiger partial charge in [0.05, 0.1) is 13.0 Å². The number of rotatable bonds is 7. The van der Waals surface area contributed by atoms with E-state index in [1.807, 2.05) is 18.7 Å². The van der Waals surface area contributed by atoms with Crippen LogP contribution in [0.15, 0.2) is 4.52 Å². The number of carbonyl (C=O) groups is 1. The summed E-state index contributed by atoms with van der Waals surface area (Å²) in [6.45, 7) is 5.21. The van der Waals surface area contributed by atoms with E-state index in [0.29, 0.717) is 18.3 Å². The fourth-order valence-corrected chi connectivity index (χ4v) is 1.97. The summed E-state index contributed by atoms with van der Waals surface area (Å²) >= 11 is 0. The van der Waals surface area contributed by atoms with Crippen LogP contribution in [0.3, 0.4) is 0 Å². The van der Waals surface area contributed by atoms with Crippen molar-refractivity contribution in [3.63, 3.8) is 0 Å². The van der Waals surface area contributed by atoms with Crippen LogP contribution < -0.4 is 0 Å².